The fourth-order valence-electron chi connectivity index (χ4n) is 1.53. The molecule has 0 aliphatic heterocycles. The van der Waals surface area contributed by atoms with E-state index in [1.54, 1.807) is 0 Å². The van der Waals surface area contributed by atoms with Gasteiger partial charge in [0.15, 0.2) is 0 Å². The van der Waals surface area contributed by atoms with Crippen LogP contribution in [0.2, 0.25) is 0 Å². The Kier molecular flexibility index (Phi) is 10.4. The van der Waals surface area contributed by atoms with Crippen molar-refractivity contribution in [1.82, 2.24) is 0 Å². The molecule has 0 saturated carbocycles. The second-order valence-corrected chi connectivity index (χ2v) is 3.40. The third-order valence-electron chi connectivity index (χ3n) is 2.82. The van der Waals surface area contributed by atoms with Crippen LogP contribution in [-0.4, -0.2) is 56.6 Å². The summed E-state index contributed by atoms with van der Waals surface area (Å²) in [6.45, 7) is 6.03. The van der Waals surface area contributed by atoms with Crippen LogP contribution in [0.5, 0.6) is 0 Å². The van der Waals surface area contributed by atoms with Gasteiger partial charge < -0.3 is 5.11 Å². The summed E-state index contributed by atoms with van der Waals surface area (Å²) in [5, 5.41) is 9.05. The van der Waals surface area contributed by atoms with Gasteiger partial charge in [0, 0.05) is 45.5 Å². The van der Waals surface area contributed by atoms with Crippen molar-refractivity contribution in [2.75, 3.05) is 0 Å². The molecule has 3 heteroatoms. The largest absolute Gasteiger partial charge is 0.481 e. The summed E-state index contributed by atoms with van der Waals surface area (Å²) in [6, 6.07) is 0. The summed E-state index contributed by atoms with van der Waals surface area (Å²) < 4.78 is 0. The van der Waals surface area contributed by atoms with E-state index < -0.39 is 11.4 Å². The molecule has 2 radical (unpaired) electrons. The molecule has 0 atom stereocenters. The molecule has 0 spiro atoms. The second-order valence-electron chi connectivity index (χ2n) is 3.40. The van der Waals surface area contributed by atoms with Crippen LogP contribution in [0, 0.1) is 5.41 Å². The maximum atomic E-state index is 11.0. The van der Waals surface area contributed by atoms with Crippen molar-refractivity contribution < 1.29 is 9.90 Å². The first kappa shape index (κ1) is 16.4. The van der Waals surface area contributed by atoms with E-state index in [4.69, 9.17) is 5.11 Å². The van der Waals surface area contributed by atoms with Gasteiger partial charge >= 0.3 is 5.97 Å². The molecule has 0 aromatic carbocycles. The molecule has 0 fully saturated rings. The van der Waals surface area contributed by atoms with E-state index in [0.717, 1.165) is 32.1 Å². The predicted molar refractivity (Wildman–Crippen MR) is 55.9 cm³/mol. The minimum Gasteiger partial charge on any atom is -0.481 e. The van der Waals surface area contributed by atoms with E-state index in [1.165, 1.54) is 0 Å². The first-order chi connectivity index (χ1) is 5.63. The molecule has 0 aromatic rings. The van der Waals surface area contributed by atoms with E-state index >= 15 is 0 Å². The van der Waals surface area contributed by atoms with Gasteiger partial charge in [0.1, 0.15) is 0 Å². The maximum absolute atomic E-state index is 11.0. The molecular formula is C10H20O2Sr. The molecule has 13 heavy (non-hydrogen) atoms. The maximum Gasteiger partial charge on any atom is 0.309 e. The van der Waals surface area contributed by atoms with Crippen molar-refractivity contribution in [3.63, 3.8) is 0 Å². The molecule has 1 N–H and O–H groups in total. The summed E-state index contributed by atoms with van der Waals surface area (Å²) in [6.07, 6.45) is 4.42. The monoisotopic (exact) mass is 260 g/mol. The Hall–Kier alpha value is 0.951. The fourth-order valence-corrected chi connectivity index (χ4v) is 1.53. The van der Waals surface area contributed by atoms with E-state index in [1.807, 2.05) is 13.8 Å². The Morgan fingerprint density at radius 1 is 1.23 bits per heavy atom. The first-order valence-corrected chi connectivity index (χ1v) is 4.86. The van der Waals surface area contributed by atoms with Gasteiger partial charge in [0.2, 0.25) is 0 Å². The van der Waals surface area contributed by atoms with E-state index in [9.17, 15) is 4.79 Å². The van der Waals surface area contributed by atoms with Gasteiger partial charge in [-0.05, 0) is 19.3 Å². The molecule has 0 saturated heterocycles. The number of carboxylic acid groups (broad SMARTS) is 1. The van der Waals surface area contributed by atoms with Gasteiger partial charge in [-0.1, -0.05) is 33.6 Å². The molecule has 0 rings (SSSR count). The zero-order valence-electron chi connectivity index (χ0n) is 9.10. The van der Waals surface area contributed by atoms with Crippen molar-refractivity contribution >= 4 is 51.5 Å². The Bertz CT molecular complexity index is 142. The second kappa shape index (κ2) is 8.27. The Balaban J connectivity index is 0. The fraction of sp³-hybridized carbons (Fsp3) is 0.900. The van der Waals surface area contributed by atoms with E-state index in [0.29, 0.717) is 0 Å². The normalized spacial score (nSPS) is 10.7. The third-order valence-corrected chi connectivity index (χ3v) is 2.82. The summed E-state index contributed by atoms with van der Waals surface area (Å²) in [4.78, 5) is 11.0. The van der Waals surface area contributed by atoms with Crippen LogP contribution in [0.25, 0.3) is 0 Å². The molecule has 2 nitrogen and oxygen atoms in total. The first-order valence-electron chi connectivity index (χ1n) is 4.86. The average Bonchev–Trinajstić information content (AvgIpc) is 2.07. The van der Waals surface area contributed by atoms with Gasteiger partial charge in [0.05, 0.1) is 5.41 Å². The van der Waals surface area contributed by atoms with Crippen LogP contribution in [0.3, 0.4) is 0 Å². The topological polar surface area (TPSA) is 37.3 Å². The van der Waals surface area contributed by atoms with E-state index in [2.05, 4.69) is 6.92 Å². The van der Waals surface area contributed by atoms with E-state index in [-0.39, 0.29) is 45.5 Å². The molecular weight excluding hydrogens is 240 g/mol. The SMILES string of the molecule is CCCCC(CC)(CC)C(=O)O.[Sr]. The minimum atomic E-state index is -0.624. The standard InChI is InChI=1S/C10H20O2.Sr/c1-4-7-8-10(5-2,6-3)9(11)12;/h4-8H2,1-3H3,(H,11,12);. The van der Waals surface area contributed by atoms with Crippen LogP contribution < -0.4 is 0 Å². The Morgan fingerprint density at radius 2 is 1.69 bits per heavy atom. The van der Waals surface area contributed by atoms with Crippen LogP contribution in [0.15, 0.2) is 0 Å². The molecule has 0 amide bonds. The molecule has 0 aromatic heterocycles. The van der Waals surface area contributed by atoms with Gasteiger partial charge in [-0.25, -0.2) is 0 Å². The number of unbranched alkanes of at least 4 members (excludes halogenated alkanes) is 1. The summed E-state index contributed by atoms with van der Waals surface area (Å²) in [5.41, 5.74) is -0.448. The predicted octanol–water partition coefficient (Wildman–Crippen LogP) is 2.69. The number of carbonyl (C=O) groups is 1. The summed E-state index contributed by atoms with van der Waals surface area (Å²) in [7, 11) is 0. The van der Waals surface area contributed by atoms with Crippen molar-refractivity contribution in [3.8, 4) is 0 Å². The smallest absolute Gasteiger partial charge is 0.309 e. The molecule has 0 aliphatic carbocycles. The molecule has 0 bridgehead atoms. The van der Waals surface area contributed by atoms with Gasteiger partial charge in [-0.3, -0.25) is 4.79 Å². The van der Waals surface area contributed by atoms with Gasteiger partial charge in [-0.15, -0.1) is 0 Å². The number of hydrogen-bond acceptors (Lipinski definition) is 1. The Morgan fingerprint density at radius 3 is 1.92 bits per heavy atom. The van der Waals surface area contributed by atoms with Crippen molar-refractivity contribution in [3.05, 3.63) is 0 Å². The zero-order valence-corrected chi connectivity index (χ0v) is 12.6. The zero-order chi connectivity index (χ0) is 9.61. The van der Waals surface area contributed by atoms with Crippen LogP contribution in [-0.2, 0) is 4.79 Å². The summed E-state index contributed by atoms with van der Waals surface area (Å²) >= 11 is 0. The molecule has 0 aliphatic rings. The molecule has 0 unspecified atom stereocenters. The van der Waals surface area contributed by atoms with Crippen molar-refractivity contribution in [2.45, 2.75) is 52.9 Å². The number of carboxylic acids is 1. The summed E-state index contributed by atoms with van der Waals surface area (Å²) in [5.74, 6) is -0.624. The van der Waals surface area contributed by atoms with Crippen molar-refractivity contribution in [1.29, 1.82) is 0 Å². The van der Waals surface area contributed by atoms with Crippen LogP contribution in [0.4, 0.5) is 0 Å². The van der Waals surface area contributed by atoms with Gasteiger partial charge in [0.25, 0.3) is 0 Å². The molecule has 74 valence electrons. The van der Waals surface area contributed by atoms with Gasteiger partial charge in [-0.2, -0.15) is 0 Å². The quantitative estimate of drug-likeness (QED) is 0.745. The minimum absolute atomic E-state index is 0. The number of rotatable bonds is 6. The third kappa shape index (κ3) is 4.82. The number of hydrogen-bond donors (Lipinski definition) is 1. The van der Waals surface area contributed by atoms with Crippen molar-refractivity contribution in [2.24, 2.45) is 5.41 Å². The number of aliphatic carboxylic acids is 1. The van der Waals surface area contributed by atoms with Crippen LogP contribution >= 0.6 is 0 Å². The van der Waals surface area contributed by atoms with Crippen LogP contribution in [0.1, 0.15) is 52.9 Å². The average molecular weight is 260 g/mol. The molecule has 0 heterocycles. The Labute approximate surface area is 118 Å².